The molecule has 0 atom stereocenters. The van der Waals surface area contributed by atoms with Gasteiger partial charge in [0.25, 0.3) is 0 Å². The number of ether oxygens (including phenoxy) is 1. The quantitative estimate of drug-likeness (QED) is 0.454. The summed E-state index contributed by atoms with van der Waals surface area (Å²) in [7, 11) is 3.54. The van der Waals surface area contributed by atoms with Crippen molar-refractivity contribution in [3.05, 3.63) is 65.2 Å². The Morgan fingerprint density at radius 3 is 2.58 bits per heavy atom. The molecule has 1 aliphatic rings. The summed E-state index contributed by atoms with van der Waals surface area (Å²) in [5, 5.41) is 3.46. The molecule has 0 saturated heterocycles. The van der Waals surface area contributed by atoms with Gasteiger partial charge in [0.05, 0.1) is 7.11 Å². The second kappa shape index (κ2) is 8.92. The van der Waals surface area contributed by atoms with E-state index in [1.54, 1.807) is 7.11 Å². The molecule has 3 rings (SSSR count). The number of benzene rings is 2. The number of para-hydroxylation sites is 1. The first-order valence-corrected chi connectivity index (χ1v) is 7.96. The fourth-order valence-electron chi connectivity index (χ4n) is 3.03. The molecule has 24 heavy (non-hydrogen) atoms. The number of rotatable bonds is 3. The maximum atomic E-state index is 5.41. The molecule has 0 radical (unpaired) electrons. The maximum absolute atomic E-state index is 5.41. The molecule has 0 spiro atoms. The lowest BCUT2D eigenvalue weighted by Crippen LogP contribution is -2.43. The normalized spacial score (nSPS) is 13.8. The van der Waals surface area contributed by atoms with E-state index in [2.05, 4.69) is 45.5 Å². The minimum Gasteiger partial charge on any atom is -0.496 e. The number of methoxy groups -OCH3 is 1. The van der Waals surface area contributed by atoms with Crippen LogP contribution in [0.15, 0.2) is 53.5 Å². The van der Waals surface area contributed by atoms with Gasteiger partial charge in [-0.25, -0.2) is 0 Å². The van der Waals surface area contributed by atoms with Crippen molar-refractivity contribution in [2.45, 2.75) is 19.5 Å². The van der Waals surface area contributed by atoms with E-state index in [1.807, 2.05) is 25.2 Å². The molecule has 2 aromatic carbocycles. The molecular weight excluding hydrogens is 413 g/mol. The van der Waals surface area contributed by atoms with Crippen molar-refractivity contribution in [3.63, 3.8) is 0 Å². The van der Waals surface area contributed by atoms with Gasteiger partial charge in [-0.15, -0.1) is 24.0 Å². The van der Waals surface area contributed by atoms with Crippen LogP contribution in [0.2, 0.25) is 0 Å². The number of guanidine groups is 1. The first kappa shape index (κ1) is 18.6. The summed E-state index contributed by atoms with van der Waals surface area (Å²) in [4.78, 5) is 6.75. The SMILES string of the molecule is CN=C(NCc1ccccc1OC)N1CCc2ccccc2C1.I. The number of nitrogens with zero attached hydrogens (tertiary/aromatic N) is 2. The molecule has 0 bridgehead atoms. The van der Waals surface area contributed by atoms with Gasteiger partial charge in [-0.2, -0.15) is 0 Å². The Morgan fingerprint density at radius 1 is 1.12 bits per heavy atom. The van der Waals surface area contributed by atoms with Crippen LogP contribution in [0, 0.1) is 0 Å². The smallest absolute Gasteiger partial charge is 0.194 e. The van der Waals surface area contributed by atoms with Crippen LogP contribution >= 0.6 is 24.0 Å². The second-order valence-electron chi connectivity index (χ2n) is 5.65. The van der Waals surface area contributed by atoms with Crippen molar-refractivity contribution in [1.29, 1.82) is 0 Å². The first-order chi connectivity index (χ1) is 11.3. The van der Waals surface area contributed by atoms with Gasteiger partial charge in [-0.1, -0.05) is 42.5 Å². The summed E-state index contributed by atoms with van der Waals surface area (Å²) >= 11 is 0. The molecule has 1 aliphatic heterocycles. The number of halogens is 1. The summed E-state index contributed by atoms with van der Waals surface area (Å²) in [6.45, 7) is 2.60. The van der Waals surface area contributed by atoms with E-state index in [-0.39, 0.29) is 24.0 Å². The van der Waals surface area contributed by atoms with Gasteiger partial charge in [0.15, 0.2) is 5.96 Å². The topological polar surface area (TPSA) is 36.9 Å². The average molecular weight is 437 g/mol. The van der Waals surface area contributed by atoms with Crippen LogP contribution in [-0.4, -0.2) is 31.6 Å². The van der Waals surface area contributed by atoms with E-state index in [9.17, 15) is 0 Å². The van der Waals surface area contributed by atoms with Gasteiger partial charge in [-0.3, -0.25) is 4.99 Å². The average Bonchev–Trinajstić information content (AvgIpc) is 2.62. The van der Waals surface area contributed by atoms with Crippen LogP contribution in [0.3, 0.4) is 0 Å². The van der Waals surface area contributed by atoms with E-state index in [0.29, 0.717) is 6.54 Å². The molecule has 128 valence electrons. The highest BCUT2D eigenvalue weighted by Crippen LogP contribution is 2.19. The Hall–Kier alpha value is -1.76. The molecule has 0 amide bonds. The lowest BCUT2D eigenvalue weighted by atomic mass is 10.0. The fraction of sp³-hybridized carbons (Fsp3) is 0.316. The molecule has 4 nitrogen and oxygen atoms in total. The molecule has 2 aromatic rings. The standard InChI is InChI=1S/C19H23N3O.HI/c1-20-19(21-13-16-8-5-6-10-18(16)23-2)22-12-11-15-7-3-4-9-17(15)14-22;/h3-10H,11-14H2,1-2H3,(H,20,21);1H. The van der Waals surface area contributed by atoms with Gasteiger partial charge in [0.2, 0.25) is 0 Å². The molecule has 0 aromatic heterocycles. The van der Waals surface area contributed by atoms with Gasteiger partial charge >= 0.3 is 0 Å². The molecule has 1 N–H and O–H groups in total. The van der Waals surface area contributed by atoms with Crippen molar-refractivity contribution in [1.82, 2.24) is 10.2 Å². The van der Waals surface area contributed by atoms with Crippen LogP contribution in [0.1, 0.15) is 16.7 Å². The summed E-state index contributed by atoms with van der Waals surface area (Å²) in [6, 6.07) is 16.7. The Morgan fingerprint density at radius 2 is 1.83 bits per heavy atom. The monoisotopic (exact) mass is 437 g/mol. The Labute approximate surface area is 160 Å². The van der Waals surface area contributed by atoms with E-state index >= 15 is 0 Å². The summed E-state index contributed by atoms with van der Waals surface area (Å²) < 4.78 is 5.41. The van der Waals surface area contributed by atoms with E-state index in [0.717, 1.165) is 36.8 Å². The number of nitrogens with one attached hydrogen (secondary N) is 1. The van der Waals surface area contributed by atoms with Gasteiger partial charge in [0, 0.05) is 32.2 Å². The zero-order chi connectivity index (χ0) is 16.1. The zero-order valence-electron chi connectivity index (χ0n) is 14.2. The number of hydrogen-bond acceptors (Lipinski definition) is 2. The molecule has 5 heteroatoms. The van der Waals surface area contributed by atoms with Crippen LogP contribution in [0.4, 0.5) is 0 Å². The summed E-state index contributed by atoms with van der Waals surface area (Å²) in [5.74, 6) is 1.84. The highest BCUT2D eigenvalue weighted by atomic mass is 127. The number of fused-ring (bicyclic) bond motifs is 1. The van der Waals surface area contributed by atoms with E-state index in [1.165, 1.54) is 11.1 Å². The van der Waals surface area contributed by atoms with Crippen LogP contribution < -0.4 is 10.1 Å². The van der Waals surface area contributed by atoms with Crippen molar-refractivity contribution >= 4 is 29.9 Å². The van der Waals surface area contributed by atoms with Crippen molar-refractivity contribution in [2.24, 2.45) is 4.99 Å². The Balaban J connectivity index is 0.00000208. The highest BCUT2D eigenvalue weighted by molar-refractivity contribution is 14.0. The fourth-order valence-corrected chi connectivity index (χ4v) is 3.03. The van der Waals surface area contributed by atoms with Crippen LogP contribution in [-0.2, 0) is 19.5 Å². The summed E-state index contributed by atoms with van der Waals surface area (Å²) in [6.07, 6.45) is 1.06. The van der Waals surface area contributed by atoms with E-state index in [4.69, 9.17) is 4.74 Å². The minimum absolute atomic E-state index is 0. The third-order valence-corrected chi connectivity index (χ3v) is 4.27. The summed E-state index contributed by atoms with van der Waals surface area (Å²) in [5.41, 5.74) is 3.97. The third kappa shape index (κ3) is 4.20. The molecule has 0 fully saturated rings. The molecule has 0 saturated carbocycles. The highest BCUT2D eigenvalue weighted by Gasteiger charge is 2.18. The van der Waals surface area contributed by atoms with Crippen molar-refractivity contribution < 1.29 is 4.74 Å². The Kier molecular flexibility index (Phi) is 6.90. The predicted molar refractivity (Wildman–Crippen MR) is 109 cm³/mol. The van der Waals surface area contributed by atoms with Crippen molar-refractivity contribution in [3.8, 4) is 5.75 Å². The molecule has 1 heterocycles. The minimum atomic E-state index is 0. The lowest BCUT2D eigenvalue weighted by molar-refractivity contribution is 0.377. The lowest BCUT2D eigenvalue weighted by Gasteiger charge is -2.31. The Bertz CT molecular complexity index is 703. The number of hydrogen-bond donors (Lipinski definition) is 1. The zero-order valence-corrected chi connectivity index (χ0v) is 16.5. The van der Waals surface area contributed by atoms with Crippen molar-refractivity contribution in [2.75, 3.05) is 20.7 Å². The predicted octanol–water partition coefficient (Wildman–Crippen LogP) is 3.45. The van der Waals surface area contributed by atoms with Crippen LogP contribution in [0.25, 0.3) is 0 Å². The van der Waals surface area contributed by atoms with Gasteiger partial charge in [0.1, 0.15) is 5.75 Å². The number of aliphatic imine (C=N–C) groups is 1. The van der Waals surface area contributed by atoms with E-state index < -0.39 is 0 Å². The molecule has 0 unspecified atom stereocenters. The first-order valence-electron chi connectivity index (χ1n) is 7.96. The largest absolute Gasteiger partial charge is 0.496 e. The maximum Gasteiger partial charge on any atom is 0.194 e. The van der Waals surface area contributed by atoms with Crippen LogP contribution in [0.5, 0.6) is 5.75 Å². The third-order valence-electron chi connectivity index (χ3n) is 4.27. The second-order valence-corrected chi connectivity index (χ2v) is 5.65. The molecule has 0 aliphatic carbocycles. The van der Waals surface area contributed by atoms with Gasteiger partial charge < -0.3 is 15.0 Å². The molecular formula is C19H24IN3O. The van der Waals surface area contributed by atoms with Gasteiger partial charge in [-0.05, 0) is 23.6 Å².